The number of aliphatic hydroxyl groups is 1. The number of alkyl halides is 3. The van der Waals surface area contributed by atoms with Crippen LogP contribution in [0.5, 0.6) is 5.75 Å². The zero-order chi connectivity index (χ0) is 13.2. The Morgan fingerprint density at radius 3 is 2.67 bits per heavy atom. The first-order valence-corrected chi connectivity index (χ1v) is 5.74. The predicted molar refractivity (Wildman–Crippen MR) is 60.4 cm³/mol. The minimum Gasteiger partial charge on any atom is -0.406 e. The minimum atomic E-state index is -4.69. The molecule has 18 heavy (non-hydrogen) atoms. The summed E-state index contributed by atoms with van der Waals surface area (Å²) >= 11 is 0. The molecule has 2 N–H and O–H groups in total. The van der Waals surface area contributed by atoms with Crippen LogP contribution in [0.25, 0.3) is 0 Å². The molecule has 0 heterocycles. The highest BCUT2D eigenvalue weighted by Crippen LogP contribution is 2.27. The molecule has 1 aromatic rings. The molecular formula is C12H14F3NO2. The summed E-state index contributed by atoms with van der Waals surface area (Å²) in [6.45, 7) is 0. The van der Waals surface area contributed by atoms with Crippen molar-refractivity contribution in [2.75, 3.05) is 5.32 Å². The number of anilines is 1. The van der Waals surface area contributed by atoms with Crippen molar-refractivity contribution < 1.29 is 23.0 Å². The third kappa shape index (κ3) is 3.53. The van der Waals surface area contributed by atoms with Gasteiger partial charge in [0.15, 0.2) is 0 Å². The van der Waals surface area contributed by atoms with E-state index in [-0.39, 0.29) is 11.8 Å². The number of nitrogens with one attached hydrogen (secondary N) is 1. The van der Waals surface area contributed by atoms with Gasteiger partial charge >= 0.3 is 6.36 Å². The summed E-state index contributed by atoms with van der Waals surface area (Å²) in [7, 11) is 0. The van der Waals surface area contributed by atoms with Gasteiger partial charge in [-0.05, 0) is 31.4 Å². The van der Waals surface area contributed by atoms with E-state index in [9.17, 15) is 18.3 Å². The van der Waals surface area contributed by atoms with Crippen molar-refractivity contribution in [2.24, 2.45) is 0 Å². The van der Waals surface area contributed by atoms with Crippen LogP contribution in [0.4, 0.5) is 18.9 Å². The standard InChI is InChI=1S/C12H14F3NO2/c13-12(14,15)18-9-4-1-3-8(7-9)16-10-5-2-6-11(10)17/h1,3-4,7,10-11,16-17H,2,5-6H2/t10-,11-/m1/s1. The summed E-state index contributed by atoms with van der Waals surface area (Å²) in [5, 5.41) is 12.7. The van der Waals surface area contributed by atoms with Gasteiger partial charge in [-0.25, -0.2) is 0 Å². The summed E-state index contributed by atoms with van der Waals surface area (Å²) < 4.78 is 40.0. The molecule has 100 valence electrons. The fourth-order valence-electron chi connectivity index (χ4n) is 2.11. The summed E-state index contributed by atoms with van der Waals surface area (Å²) in [5.74, 6) is -0.264. The maximum atomic E-state index is 12.1. The molecule has 1 aliphatic rings. The van der Waals surface area contributed by atoms with Crippen molar-refractivity contribution in [2.45, 2.75) is 37.8 Å². The molecule has 1 saturated carbocycles. The summed E-state index contributed by atoms with van der Waals surface area (Å²) in [6, 6.07) is 5.53. The van der Waals surface area contributed by atoms with Gasteiger partial charge < -0.3 is 15.2 Å². The third-order valence-corrected chi connectivity index (χ3v) is 2.90. The van der Waals surface area contributed by atoms with Gasteiger partial charge in [-0.3, -0.25) is 0 Å². The first-order chi connectivity index (χ1) is 8.44. The maximum absolute atomic E-state index is 12.1. The average molecular weight is 261 g/mol. The van der Waals surface area contributed by atoms with Gasteiger partial charge in [0.1, 0.15) is 5.75 Å². The number of ether oxygens (including phenoxy) is 1. The maximum Gasteiger partial charge on any atom is 0.573 e. The Morgan fingerprint density at radius 2 is 2.06 bits per heavy atom. The molecule has 1 aromatic carbocycles. The van der Waals surface area contributed by atoms with Crippen LogP contribution in [-0.2, 0) is 0 Å². The Morgan fingerprint density at radius 1 is 1.28 bits per heavy atom. The van der Waals surface area contributed by atoms with E-state index < -0.39 is 12.5 Å². The third-order valence-electron chi connectivity index (χ3n) is 2.90. The van der Waals surface area contributed by atoms with Crippen molar-refractivity contribution in [1.82, 2.24) is 0 Å². The molecule has 6 heteroatoms. The van der Waals surface area contributed by atoms with Crippen LogP contribution in [0.3, 0.4) is 0 Å². The second kappa shape index (κ2) is 5.06. The topological polar surface area (TPSA) is 41.5 Å². The number of benzene rings is 1. The zero-order valence-corrected chi connectivity index (χ0v) is 9.57. The quantitative estimate of drug-likeness (QED) is 0.879. The highest BCUT2D eigenvalue weighted by atomic mass is 19.4. The number of hydrogen-bond donors (Lipinski definition) is 2. The SMILES string of the molecule is O[C@@H]1CCC[C@H]1Nc1cccc(OC(F)(F)F)c1. The number of aliphatic hydroxyl groups excluding tert-OH is 1. The Hall–Kier alpha value is -1.43. The zero-order valence-electron chi connectivity index (χ0n) is 9.57. The molecule has 0 saturated heterocycles. The van der Waals surface area contributed by atoms with Crippen LogP contribution < -0.4 is 10.1 Å². The molecule has 0 bridgehead atoms. The van der Waals surface area contributed by atoms with Gasteiger partial charge in [-0.1, -0.05) is 6.07 Å². The molecular weight excluding hydrogens is 247 g/mol. The lowest BCUT2D eigenvalue weighted by Crippen LogP contribution is -2.27. The van der Waals surface area contributed by atoms with Gasteiger partial charge in [0.2, 0.25) is 0 Å². The van der Waals surface area contributed by atoms with Gasteiger partial charge in [0.05, 0.1) is 12.1 Å². The first-order valence-electron chi connectivity index (χ1n) is 5.74. The van der Waals surface area contributed by atoms with Gasteiger partial charge in [0, 0.05) is 11.8 Å². The second-order valence-corrected chi connectivity index (χ2v) is 4.32. The van der Waals surface area contributed by atoms with Crippen molar-refractivity contribution in [3.8, 4) is 5.75 Å². The van der Waals surface area contributed by atoms with Gasteiger partial charge in [-0.15, -0.1) is 13.2 Å². The fraction of sp³-hybridized carbons (Fsp3) is 0.500. The molecule has 3 nitrogen and oxygen atoms in total. The lowest BCUT2D eigenvalue weighted by atomic mass is 10.2. The Kier molecular flexibility index (Phi) is 3.65. The van der Waals surface area contributed by atoms with E-state index in [2.05, 4.69) is 10.1 Å². The highest BCUT2D eigenvalue weighted by molar-refractivity contribution is 5.49. The summed E-state index contributed by atoms with van der Waals surface area (Å²) in [4.78, 5) is 0. The molecule has 2 rings (SSSR count). The average Bonchev–Trinajstić information content (AvgIpc) is 2.62. The summed E-state index contributed by atoms with van der Waals surface area (Å²) in [5.41, 5.74) is 0.516. The highest BCUT2D eigenvalue weighted by Gasteiger charge is 2.31. The van der Waals surface area contributed by atoms with Crippen LogP contribution in [-0.4, -0.2) is 23.6 Å². The number of halogens is 3. The van der Waals surface area contributed by atoms with Gasteiger partial charge in [-0.2, -0.15) is 0 Å². The van der Waals surface area contributed by atoms with E-state index >= 15 is 0 Å². The lowest BCUT2D eigenvalue weighted by molar-refractivity contribution is -0.274. The Bertz CT molecular complexity index is 409. The van der Waals surface area contributed by atoms with Gasteiger partial charge in [0.25, 0.3) is 0 Å². The Labute approximate surface area is 103 Å². The van der Waals surface area contributed by atoms with E-state index in [0.29, 0.717) is 5.69 Å². The molecule has 0 unspecified atom stereocenters. The van der Waals surface area contributed by atoms with E-state index in [0.717, 1.165) is 19.3 Å². The van der Waals surface area contributed by atoms with Crippen LogP contribution in [0.15, 0.2) is 24.3 Å². The lowest BCUT2D eigenvalue weighted by Gasteiger charge is -2.18. The van der Waals surface area contributed by atoms with Crippen molar-refractivity contribution in [3.63, 3.8) is 0 Å². The van der Waals surface area contributed by atoms with Crippen LogP contribution in [0.2, 0.25) is 0 Å². The second-order valence-electron chi connectivity index (χ2n) is 4.32. The molecule has 0 aromatic heterocycles. The summed E-state index contributed by atoms with van der Waals surface area (Å²) in [6.07, 6.45) is -2.69. The predicted octanol–water partition coefficient (Wildman–Crippen LogP) is 2.91. The smallest absolute Gasteiger partial charge is 0.406 e. The van der Waals surface area contributed by atoms with E-state index in [1.54, 1.807) is 6.07 Å². The molecule has 0 spiro atoms. The molecule has 2 atom stereocenters. The van der Waals surface area contributed by atoms with Crippen molar-refractivity contribution in [1.29, 1.82) is 0 Å². The number of rotatable bonds is 3. The largest absolute Gasteiger partial charge is 0.573 e. The van der Waals surface area contributed by atoms with Crippen molar-refractivity contribution >= 4 is 5.69 Å². The normalized spacial score (nSPS) is 24.0. The van der Waals surface area contributed by atoms with E-state index in [4.69, 9.17) is 0 Å². The van der Waals surface area contributed by atoms with E-state index in [1.807, 2.05) is 0 Å². The van der Waals surface area contributed by atoms with Crippen LogP contribution in [0.1, 0.15) is 19.3 Å². The molecule has 0 radical (unpaired) electrons. The van der Waals surface area contributed by atoms with Crippen LogP contribution >= 0.6 is 0 Å². The van der Waals surface area contributed by atoms with Crippen LogP contribution in [0, 0.1) is 0 Å². The molecule has 0 amide bonds. The first kappa shape index (κ1) is 13.0. The minimum absolute atomic E-state index is 0.105. The van der Waals surface area contributed by atoms with Crippen molar-refractivity contribution in [3.05, 3.63) is 24.3 Å². The molecule has 0 aliphatic heterocycles. The Balaban J connectivity index is 2.03. The monoisotopic (exact) mass is 261 g/mol. The molecule has 1 fully saturated rings. The fourth-order valence-corrected chi connectivity index (χ4v) is 2.11. The molecule has 1 aliphatic carbocycles. The number of hydrogen-bond acceptors (Lipinski definition) is 3. The van der Waals surface area contributed by atoms with E-state index in [1.165, 1.54) is 18.2 Å².